The van der Waals surface area contributed by atoms with Gasteiger partial charge in [-0.25, -0.2) is 4.79 Å². The van der Waals surface area contributed by atoms with Gasteiger partial charge in [-0.3, -0.25) is 4.90 Å². The van der Waals surface area contributed by atoms with Crippen LogP contribution in [0.5, 0.6) is 0 Å². The van der Waals surface area contributed by atoms with Crippen LogP contribution < -0.4 is 10.6 Å². The summed E-state index contributed by atoms with van der Waals surface area (Å²) >= 11 is 1.64. The van der Waals surface area contributed by atoms with Crippen LogP contribution >= 0.6 is 11.3 Å². The minimum absolute atomic E-state index is 0.109. The predicted molar refractivity (Wildman–Crippen MR) is 91.4 cm³/mol. The van der Waals surface area contributed by atoms with Crippen LogP contribution in [0.2, 0.25) is 0 Å². The van der Waals surface area contributed by atoms with Gasteiger partial charge in [0.1, 0.15) is 5.76 Å². The summed E-state index contributed by atoms with van der Waals surface area (Å²) in [7, 11) is 0. The van der Waals surface area contributed by atoms with E-state index in [1.807, 2.05) is 29.0 Å². The van der Waals surface area contributed by atoms with Gasteiger partial charge in [0.2, 0.25) is 0 Å². The standard InChI is InChI=1S/C17H23N3O2S/c21-17(18-11-14-6-10-23-13-14)19-12-15(16-5-4-9-22-16)20-7-2-1-3-8-20/h4-6,9-10,13,15H,1-3,7-8,11-12H2,(H2,18,19,21). The van der Waals surface area contributed by atoms with Crippen molar-refractivity contribution in [1.29, 1.82) is 0 Å². The van der Waals surface area contributed by atoms with Crippen LogP contribution in [-0.2, 0) is 6.54 Å². The number of piperidine rings is 1. The molecule has 1 aliphatic rings. The minimum Gasteiger partial charge on any atom is -0.468 e. The second kappa shape index (κ2) is 8.17. The number of amides is 2. The third-order valence-corrected chi connectivity index (χ3v) is 4.92. The molecule has 5 nitrogen and oxygen atoms in total. The highest BCUT2D eigenvalue weighted by molar-refractivity contribution is 7.07. The summed E-state index contributed by atoms with van der Waals surface area (Å²) in [5, 5.41) is 9.93. The molecule has 0 spiro atoms. The molecule has 6 heteroatoms. The normalized spacial score (nSPS) is 16.9. The molecule has 2 amide bonds. The highest BCUT2D eigenvalue weighted by Crippen LogP contribution is 2.24. The van der Waals surface area contributed by atoms with Crippen molar-refractivity contribution < 1.29 is 9.21 Å². The fourth-order valence-electron chi connectivity index (χ4n) is 2.95. The van der Waals surface area contributed by atoms with Gasteiger partial charge in [-0.1, -0.05) is 6.42 Å². The molecule has 1 aliphatic heterocycles. The number of thiophene rings is 1. The van der Waals surface area contributed by atoms with Crippen LogP contribution in [-0.4, -0.2) is 30.6 Å². The molecular weight excluding hydrogens is 310 g/mol. The molecule has 3 rings (SSSR count). The zero-order valence-electron chi connectivity index (χ0n) is 13.2. The zero-order valence-corrected chi connectivity index (χ0v) is 14.0. The van der Waals surface area contributed by atoms with Crippen molar-refractivity contribution in [1.82, 2.24) is 15.5 Å². The van der Waals surface area contributed by atoms with E-state index in [1.54, 1.807) is 17.6 Å². The Morgan fingerprint density at radius 2 is 2.13 bits per heavy atom. The number of rotatable bonds is 6. The van der Waals surface area contributed by atoms with Gasteiger partial charge in [0, 0.05) is 13.1 Å². The lowest BCUT2D eigenvalue weighted by atomic mass is 10.1. The summed E-state index contributed by atoms with van der Waals surface area (Å²) in [6, 6.07) is 5.89. The van der Waals surface area contributed by atoms with E-state index in [0.29, 0.717) is 13.1 Å². The molecule has 2 N–H and O–H groups in total. The number of likely N-dealkylation sites (tertiary alicyclic amines) is 1. The molecule has 2 aromatic heterocycles. The summed E-state index contributed by atoms with van der Waals surface area (Å²) < 4.78 is 5.59. The Morgan fingerprint density at radius 3 is 2.83 bits per heavy atom. The van der Waals surface area contributed by atoms with Crippen molar-refractivity contribution in [2.45, 2.75) is 31.8 Å². The number of nitrogens with zero attached hydrogens (tertiary/aromatic N) is 1. The number of carbonyl (C=O) groups excluding carboxylic acids is 1. The van der Waals surface area contributed by atoms with Crippen LogP contribution in [0.3, 0.4) is 0 Å². The second-order valence-electron chi connectivity index (χ2n) is 5.82. The van der Waals surface area contributed by atoms with E-state index in [9.17, 15) is 4.79 Å². The van der Waals surface area contributed by atoms with E-state index in [0.717, 1.165) is 24.4 Å². The Balaban J connectivity index is 1.52. The van der Waals surface area contributed by atoms with Gasteiger partial charge in [0.05, 0.1) is 12.3 Å². The van der Waals surface area contributed by atoms with Gasteiger partial charge in [-0.2, -0.15) is 11.3 Å². The molecule has 1 unspecified atom stereocenters. The maximum absolute atomic E-state index is 12.0. The molecule has 23 heavy (non-hydrogen) atoms. The lowest BCUT2D eigenvalue weighted by Crippen LogP contribution is -2.43. The van der Waals surface area contributed by atoms with Gasteiger partial charge in [0.25, 0.3) is 0 Å². The fraction of sp³-hybridized carbons (Fsp3) is 0.471. The highest BCUT2D eigenvalue weighted by Gasteiger charge is 2.24. The molecule has 124 valence electrons. The molecule has 1 atom stereocenters. The average molecular weight is 333 g/mol. The first-order chi connectivity index (χ1) is 11.3. The molecule has 1 saturated heterocycles. The number of furan rings is 1. The van der Waals surface area contributed by atoms with Crippen LogP contribution in [0.25, 0.3) is 0 Å². The first-order valence-corrected chi connectivity index (χ1v) is 9.07. The second-order valence-corrected chi connectivity index (χ2v) is 6.60. The molecule has 2 aromatic rings. The van der Waals surface area contributed by atoms with E-state index in [2.05, 4.69) is 15.5 Å². The van der Waals surface area contributed by atoms with E-state index in [1.165, 1.54) is 19.3 Å². The molecule has 0 saturated carbocycles. The van der Waals surface area contributed by atoms with Crippen LogP contribution in [0.15, 0.2) is 39.6 Å². The van der Waals surface area contributed by atoms with Crippen LogP contribution in [0, 0.1) is 0 Å². The van der Waals surface area contributed by atoms with E-state index < -0.39 is 0 Å². The number of hydrogen-bond acceptors (Lipinski definition) is 4. The summed E-state index contributed by atoms with van der Waals surface area (Å²) in [5.41, 5.74) is 1.13. The minimum atomic E-state index is -0.134. The average Bonchev–Trinajstić information content (AvgIpc) is 3.28. The monoisotopic (exact) mass is 333 g/mol. The van der Waals surface area contributed by atoms with Crippen molar-refractivity contribution in [3.63, 3.8) is 0 Å². The molecule has 0 aliphatic carbocycles. The summed E-state index contributed by atoms with van der Waals surface area (Å²) in [5.74, 6) is 0.921. The predicted octanol–water partition coefficient (Wildman–Crippen LogP) is 3.37. The maximum Gasteiger partial charge on any atom is 0.315 e. The van der Waals surface area contributed by atoms with Crippen molar-refractivity contribution in [3.05, 3.63) is 46.5 Å². The molecule has 1 fully saturated rings. The lowest BCUT2D eigenvalue weighted by molar-refractivity contribution is 0.143. The van der Waals surface area contributed by atoms with Gasteiger partial charge in [-0.05, 0) is 60.5 Å². The van der Waals surface area contributed by atoms with Crippen molar-refractivity contribution >= 4 is 17.4 Å². The fourth-order valence-corrected chi connectivity index (χ4v) is 3.62. The number of hydrogen-bond donors (Lipinski definition) is 2. The van der Waals surface area contributed by atoms with Crippen LogP contribution in [0.4, 0.5) is 4.79 Å². The smallest absolute Gasteiger partial charge is 0.315 e. The molecular formula is C17H23N3O2S. The third kappa shape index (κ3) is 4.59. The van der Waals surface area contributed by atoms with Crippen LogP contribution in [0.1, 0.15) is 36.6 Å². The summed E-state index contributed by atoms with van der Waals surface area (Å²) in [6.07, 6.45) is 5.40. The Morgan fingerprint density at radius 1 is 1.26 bits per heavy atom. The van der Waals surface area contributed by atoms with Gasteiger partial charge in [0.15, 0.2) is 0 Å². The Bertz CT molecular complexity index is 577. The number of nitrogens with one attached hydrogen (secondary N) is 2. The maximum atomic E-state index is 12.0. The Labute approximate surface area is 140 Å². The van der Waals surface area contributed by atoms with Gasteiger partial charge >= 0.3 is 6.03 Å². The first-order valence-electron chi connectivity index (χ1n) is 8.13. The number of carbonyl (C=O) groups is 1. The quantitative estimate of drug-likeness (QED) is 0.852. The van der Waals surface area contributed by atoms with E-state index in [4.69, 9.17) is 4.42 Å². The Hall–Kier alpha value is -1.79. The van der Waals surface area contributed by atoms with Gasteiger partial charge in [-0.15, -0.1) is 0 Å². The largest absolute Gasteiger partial charge is 0.468 e. The SMILES string of the molecule is O=C(NCc1ccsc1)NCC(c1ccco1)N1CCCCC1. The van der Waals surface area contributed by atoms with E-state index >= 15 is 0 Å². The summed E-state index contributed by atoms with van der Waals surface area (Å²) in [4.78, 5) is 14.4. The Kier molecular flexibility index (Phi) is 5.71. The topological polar surface area (TPSA) is 57.5 Å². The van der Waals surface area contributed by atoms with Crippen molar-refractivity contribution in [3.8, 4) is 0 Å². The first kappa shape index (κ1) is 16.1. The summed E-state index contributed by atoms with van der Waals surface area (Å²) in [6.45, 7) is 3.24. The molecule has 0 radical (unpaired) electrons. The van der Waals surface area contributed by atoms with Crippen molar-refractivity contribution in [2.24, 2.45) is 0 Å². The number of urea groups is 1. The third-order valence-electron chi connectivity index (χ3n) is 4.19. The van der Waals surface area contributed by atoms with E-state index in [-0.39, 0.29) is 12.1 Å². The molecule has 3 heterocycles. The molecule has 0 bridgehead atoms. The zero-order chi connectivity index (χ0) is 15.9. The highest BCUT2D eigenvalue weighted by atomic mass is 32.1. The van der Waals surface area contributed by atoms with Gasteiger partial charge < -0.3 is 15.1 Å². The molecule has 0 aromatic carbocycles. The lowest BCUT2D eigenvalue weighted by Gasteiger charge is -2.33. The van der Waals surface area contributed by atoms with Crippen molar-refractivity contribution in [2.75, 3.05) is 19.6 Å².